The summed E-state index contributed by atoms with van der Waals surface area (Å²) in [7, 11) is 0. The highest BCUT2D eigenvalue weighted by Gasteiger charge is 2.24. The number of hydrogen-bond acceptors (Lipinski definition) is 5. The van der Waals surface area contributed by atoms with Crippen molar-refractivity contribution in [1.29, 1.82) is 0 Å². The van der Waals surface area contributed by atoms with Gasteiger partial charge in [-0.3, -0.25) is 14.5 Å². The predicted molar refractivity (Wildman–Crippen MR) is 80.2 cm³/mol. The molecule has 0 fully saturated rings. The molecular formula is C15H14F4N2O4. The first kappa shape index (κ1) is 18.7. The minimum Gasteiger partial charge on any atom is -0.462 e. The number of carbonyl (C=O) groups is 1. The predicted octanol–water partition coefficient (Wildman–Crippen LogP) is 1.45. The average molecular weight is 362 g/mol. The van der Waals surface area contributed by atoms with Crippen molar-refractivity contribution in [2.24, 2.45) is 0 Å². The zero-order valence-corrected chi connectivity index (χ0v) is 13.1. The van der Waals surface area contributed by atoms with Gasteiger partial charge < -0.3 is 9.84 Å². The van der Waals surface area contributed by atoms with E-state index in [4.69, 9.17) is 4.74 Å². The lowest BCUT2D eigenvalue weighted by Crippen LogP contribution is -2.39. The Labute approximate surface area is 138 Å². The molecule has 0 atom stereocenters. The number of esters is 1. The molecule has 0 saturated heterocycles. The number of ether oxygens (including phenoxy) is 1. The van der Waals surface area contributed by atoms with Crippen LogP contribution in [0.15, 0.2) is 17.1 Å². The second-order valence-electron chi connectivity index (χ2n) is 4.88. The van der Waals surface area contributed by atoms with Crippen molar-refractivity contribution in [2.45, 2.75) is 6.92 Å². The summed E-state index contributed by atoms with van der Waals surface area (Å²) in [4.78, 5) is 24.3. The van der Waals surface area contributed by atoms with Crippen LogP contribution in [0.25, 0.3) is 10.9 Å². The molecule has 0 unspecified atom stereocenters. The van der Waals surface area contributed by atoms with Gasteiger partial charge in [-0.05, 0) is 13.0 Å². The van der Waals surface area contributed by atoms with Crippen molar-refractivity contribution in [3.8, 4) is 0 Å². The van der Waals surface area contributed by atoms with Gasteiger partial charge in [0.1, 0.15) is 24.5 Å². The van der Waals surface area contributed by atoms with Gasteiger partial charge in [-0.2, -0.15) is 0 Å². The van der Waals surface area contributed by atoms with Crippen LogP contribution in [0.5, 0.6) is 0 Å². The van der Waals surface area contributed by atoms with Crippen LogP contribution in [0.2, 0.25) is 0 Å². The molecule has 0 saturated carbocycles. The Bertz CT molecular complexity index is 869. The maximum atomic E-state index is 14.2. The first-order valence-corrected chi connectivity index (χ1v) is 7.19. The first-order chi connectivity index (χ1) is 11.9. The maximum Gasteiger partial charge on any atom is 0.343 e. The molecule has 0 aliphatic rings. The summed E-state index contributed by atoms with van der Waals surface area (Å²) in [6.45, 7) is -0.877. The number of nitrogens with zero attached hydrogens (tertiary/aromatic N) is 2. The molecule has 1 aromatic carbocycles. The van der Waals surface area contributed by atoms with Crippen LogP contribution >= 0.6 is 0 Å². The maximum absolute atomic E-state index is 14.2. The third kappa shape index (κ3) is 3.29. The van der Waals surface area contributed by atoms with Crippen molar-refractivity contribution >= 4 is 16.9 Å². The van der Waals surface area contributed by atoms with E-state index in [1.165, 1.54) is 6.92 Å². The normalized spacial score (nSPS) is 11.0. The van der Waals surface area contributed by atoms with E-state index in [1.54, 1.807) is 0 Å². The van der Waals surface area contributed by atoms with Gasteiger partial charge in [0, 0.05) is 6.20 Å². The number of pyridine rings is 1. The summed E-state index contributed by atoms with van der Waals surface area (Å²) in [5.41, 5.74) is -2.42. The van der Waals surface area contributed by atoms with E-state index in [2.05, 4.69) is 0 Å². The largest absolute Gasteiger partial charge is 0.462 e. The van der Waals surface area contributed by atoms with E-state index in [9.17, 15) is 32.3 Å². The highest BCUT2D eigenvalue weighted by molar-refractivity contribution is 5.94. The van der Waals surface area contributed by atoms with Crippen LogP contribution in [0.1, 0.15) is 17.3 Å². The number of carbonyl (C=O) groups excluding carboxylic acids is 1. The molecule has 2 rings (SSSR count). The molecule has 2 aromatic rings. The fourth-order valence-electron chi connectivity index (χ4n) is 2.29. The lowest BCUT2D eigenvalue weighted by Gasteiger charge is -2.26. The number of aliphatic hydroxyl groups is 1. The molecule has 0 amide bonds. The molecule has 0 bridgehead atoms. The molecule has 136 valence electrons. The lowest BCUT2D eigenvalue weighted by molar-refractivity contribution is 0.0524. The Morgan fingerprint density at radius 3 is 2.56 bits per heavy atom. The molecule has 6 nitrogen and oxygen atoms in total. The average Bonchev–Trinajstić information content (AvgIpc) is 2.59. The number of fused-ring (bicyclic) bond motifs is 1. The third-order valence-electron chi connectivity index (χ3n) is 3.41. The molecule has 0 spiro atoms. The van der Waals surface area contributed by atoms with Gasteiger partial charge in [-0.25, -0.2) is 22.4 Å². The summed E-state index contributed by atoms with van der Waals surface area (Å²) in [6.07, 6.45) is 0.787. The summed E-state index contributed by atoms with van der Waals surface area (Å²) < 4.78 is 59.4. The Morgan fingerprint density at radius 1 is 1.32 bits per heavy atom. The van der Waals surface area contributed by atoms with E-state index in [0.717, 1.165) is 11.2 Å². The monoisotopic (exact) mass is 362 g/mol. The third-order valence-corrected chi connectivity index (χ3v) is 3.41. The Kier molecular flexibility index (Phi) is 5.62. The van der Waals surface area contributed by atoms with Gasteiger partial charge in [0.25, 0.3) is 0 Å². The van der Waals surface area contributed by atoms with Gasteiger partial charge in [0.2, 0.25) is 5.43 Å². The van der Waals surface area contributed by atoms with Crippen molar-refractivity contribution in [1.82, 2.24) is 4.68 Å². The summed E-state index contributed by atoms with van der Waals surface area (Å²) in [6, 6.07) is 0.431. The van der Waals surface area contributed by atoms with Crippen LogP contribution in [-0.2, 0) is 4.74 Å². The van der Waals surface area contributed by atoms with Crippen molar-refractivity contribution in [3.05, 3.63) is 45.5 Å². The summed E-state index contributed by atoms with van der Waals surface area (Å²) in [5.74, 6) is -6.26. The number of rotatable bonds is 6. The molecule has 10 heteroatoms. The fraction of sp³-hybridized carbons (Fsp3) is 0.333. The number of halogens is 4. The van der Waals surface area contributed by atoms with Gasteiger partial charge >= 0.3 is 5.97 Å². The number of benzene rings is 1. The SMILES string of the molecule is CCOC(=O)c1cn(N(CO)CCF)c2c(F)c(F)c(F)cc2c1=O. The van der Waals surface area contributed by atoms with Crippen LogP contribution in [0.4, 0.5) is 17.6 Å². The zero-order valence-electron chi connectivity index (χ0n) is 13.1. The van der Waals surface area contributed by atoms with Gasteiger partial charge in [-0.15, -0.1) is 0 Å². The molecule has 1 N–H and O–H groups in total. The van der Waals surface area contributed by atoms with Crippen LogP contribution in [0.3, 0.4) is 0 Å². The van der Waals surface area contributed by atoms with E-state index in [0.29, 0.717) is 10.7 Å². The Morgan fingerprint density at radius 2 is 2.00 bits per heavy atom. The molecular weight excluding hydrogens is 348 g/mol. The minimum absolute atomic E-state index is 0.0728. The number of hydrogen-bond donors (Lipinski definition) is 1. The van der Waals surface area contributed by atoms with E-state index < -0.39 is 65.3 Å². The van der Waals surface area contributed by atoms with Crippen molar-refractivity contribution < 1.29 is 32.2 Å². The molecule has 1 aromatic heterocycles. The topological polar surface area (TPSA) is 71.8 Å². The second kappa shape index (κ2) is 7.51. The van der Waals surface area contributed by atoms with Gasteiger partial charge in [-0.1, -0.05) is 0 Å². The zero-order chi connectivity index (χ0) is 18.7. The smallest absolute Gasteiger partial charge is 0.343 e. The summed E-state index contributed by atoms with van der Waals surface area (Å²) >= 11 is 0. The fourth-order valence-corrected chi connectivity index (χ4v) is 2.29. The van der Waals surface area contributed by atoms with E-state index >= 15 is 0 Å². The molecule has 25 heavy (non-hydrogen) atoms. The highest BCUT2D eigenvalue weighted by atomic mass is 19.2. The van der Waals surface area contributed by atoms with Crippen molar-refractivity contribution in [3.63, 3.8) is 0 Å². The van der Waals surface area contributed by atoms with E-state index in [1.807, 2.05) is 0 Å². The quantitative estimate of drug-likeness (QED) is 0.365. The molecule has 1 heterocycles. The van der Waals surface area contributed by atoms with Gasteiger partial charge in [0.15, 0.2) is 17.5 Å². The molecule has 0 aliphatic carbocycles. The standard InChI is InChI=1S/C15H14F4N2O4/c1-2-25-15(24)9-6-21(20(7-22)4-3-16)13-8(14(9)23)5-10(17)11(18)12(13)19/h5-6,22H,2-4,7H2,1H3. The van der Waals surface area contributed by atoms with Crippen LogP contribution in [0, 0.1) is 17.5 Å². The summed E-state index contributed by atoms with van der Waals surface area (Å²) in [5, 5.41) is 9.48. The van der Waals surface area contributed by atoms with Gasteiger partial charge in [0.05, 0.1) is 18.5 Å². The second-order valence-corrected chi connectivity index (χ2v) is 4.88. The number of alkyl halides is 1. The van der Waals surface area contributed by atoms with Crippen molar-refractivity contribution in [2.75, 3.05) is 31.6 Å². The first-order valence-electron chi connectivity index (χ1n) is 7.19. The molecule has 0 aliphatic heterocycles. The van der Waals surface area contributed by atoms with Crippen LogP contribution in [-0.4, -0.2) is 42.3 Å². The Balaban J connectivity index is 2.92. The number of aliphatic hydroxyl groups excluding tert-OH is 1. The Hall–Kier alpha value is -2.62. The van der Waals surface area contributed by atoms with E-state index in [-0.39, 0.29) is 6.61 Å². The van der Waals surface area contributed by atoms with Crippen LogP contribution < -0.4 is 10.4 Å². The highest BCUT2D eigenvalue weighted by Crippen LogP contribution is 2.22. The minimum atomic E-state index is -1.84. The number of aromatic nitrogens is 1. The molecule has 0 radical (unpaired) electrons. The lowest BCUT2D eigenvalue weighted by atomic mass is 10.1.